The number of nitrogens with one attached hydrogen (secondary N) is 4. The molecule has 0 aromatic rings. The van der Waals surface area contributed by atoms with Crippen LogP contribution in [0, 0.1) is 0 Å². The van der Waals surface area contributed by atoms with Crippen LogP contribution in [0.15, 0.2) is 0 Å². The average molecular weight is 382 g/mol. The first-order valence-electron chi connectivity index (χ1n) is 6.02. The van der Waals surface area contributed by atoms with Crippen LogP contribution in [0.3, 0.4) is 0 Å². The molecule has 0 unspecified atom stereocenters. The summed E-state index contributed by atoms with van der Waals surface area (Å²) < 4.78 is 0. The van der Waals surface area contributed by atoms with Crippen molar-refractivity contribution in [3.63, 3.8) is 0 Å². The predicted molar refractivity (Wildman–Crippen MR) is 73.0 cm³/mol. The van der Waals surface area contributed by atoms with Crippen molar-refractivity contribution in [1.82, 2.24) is 21.3 Å². The number of hydrogen-bond acceptors (Lipinski definition) is 4. The molecular weight excluding hydrogens is 366 g/mol. The van der Waals surface area contributed by atoms with Gasteiger partial charge in [0.15, 0.2) is 0 Å². The first-order chi connectivity index (χ1) is 10.0. The molecule has 0 aliphatic carbocycles. The normalized spacial score (nSPS) is 18.0. The fourth-order valence-corrected chi connectivity index (χ4v) is 1.31. The standard InChI is InChI=1S/C10H16N4O4.2ClH.Mn/c15-7-9(17)13-5-2-6-14-10(18)8(16)12-4-1-3-11-7;;;/h1-6H2,(H,11,15)(H,12,16)(H,13,17)(H,14,18);2*1H;/q;;;+2/p-2. The third-order valence-electron chi connectivity index (χ3n) is 2.26. The molecule has 1 fully saturated rings. The van der Waals surface area contributed by atoms with Gasteiger partial charge in [-0.25, -0.2) is 0 Å². The van der Waals surface area contributed by atoms with Crippen LogP contribution in [0.1, 0.15) is 12.8 Å². The van der Waals surface area contributed by atoms with Crippen LogP contribution in [-0.2, 0) is 32.3 Å². The Balaban J connectivity index is 0.00000122. The topological polar surface area (TPSA) is 116 Å². The molecule has 4 N–H and O–H groups in total. The van der Waals surface area contributed by atoms with E-state index < -0.39 is 23.6 Å². The van der Waals surface area contributed by atoms with Gasteiger partial charge in [-0.15, -0.1) is 0 Å². The van der Waals surface area contributed by atoms with Gasteiger partial charge in [-0.05, 0) is 12.8 Å². The van der Waals surface area contributed by atoms with E-state index in [-0.39, 0.29) is 39.3 Å². The number of carbonyl (C=O) groups is 4. The summed E-state index contributed by atoms with van der Waals surface area (Å²) in [7, 11) is 9.59. The molecule has 0 bridgehead atoms. The minimum atomic E-state index is -0.692. The molecule has 8 nitrogen and oxygen atoms in total. The summed E-state index contributed by atoms with van der Waals surface area (Å²) in [6.07, 6.45) is 0.885. The van der Waals surface area contributed by atoms with E-state index >= 15 is 0 Å². The zero-order valence-electron chi connectivity index (χ0n) is 11.0. The van der Waals surface area contributed by atoms with Gasteiger partial charge in [0, 0.05) is 26.2 Å². The monoisotopic (exact) mass is 381 g/mol. The first kappa shape index (κ1) is 20.0. The van der Waals surface area contributed by atoms with Crippen molar-refractivity contribution in [3.05, 3.63) is 0 Å². The Kier molecular flexibility index (Phi) is 12.1. The second-order valence-electron chi connectivity index (χ2n) is 3.78. The molecular formula is C10H16Cl2MnN4O4. The fourth-order valence-electron chi connectivity index (χ4n) is 1.31. The zero-order chi connectivity index (χ0) is 16.1. The summed E-state index contributed by atoms with van der Waals surface area (Å²) in [6, 6.07) is 0. The summed E-state index contributed by atoms with van der Waals surface area (Å²) in [5, 5.41) is 9.64. The summed E-state index contributed by atoms with van der Waals surface area (Å²) in [6.45, 7) is 1.03. The Bertz CT molecular complexity index is 318. The summed E-state index contributed by atoms with van der Waals surface area (Å²) in [5.74, 6) is -2.77. The molecule has 21 heavy (non-hydrogen) atoms. The van der Waals surface area contributed by atoms with Gasteiger partial charge >= 0.3 is 57.0 Å². The van der Waals surface area contributed by atoms with Crippen molar-refractivity contribution in [2.75, 3.05) is 26.2 Å². The molecule has 0 saturated carbocycles. The molecule has 0 spiro atoms. The molecule has 1 aliphatic rings. The van der Waals surface area contributed by atoms with Gasteiger partial charge in [0.05, 0.1) is 0 Å². The molecule has 0 aromatic carbocycles. The van der Waals surface area contributed by atoms with Crippen LogP contribution < -0.4 is 21.3 Å². The number of halogens is 2. The van der Waals surface area contributed by atoms with Gasteiger partial charge < -0.3 is 21.3 Å². The number of hydrogen-bond donors (Lipinski definition) is 4. The van der Waals surface area contributed by atoms with E-state index in [1.807, 2.05) is 0 Å². The van der Waals surface area contributed by atoms with E-state index in [1.165, 1.54) is 0 Å². The van der Waals surface area contributed by atoms with E-state index in [4.69, 9.17) is 20.2 Å². The SMILES string of the molecule is O=C1NCCCNC(=O)C(=O)NCCCNC1=O.[Cl][Mn][Cl]. The Morgan fingerprint density at radius 3 is 1.00 bits per heavy atom. The van der Waals surface area contributed by atoms with E-state index in [2.05, 4.69) is 21.3 Å². The summed E-state index contributed by atoms with van der Waals surface area (Å²) in [5.41, 5.74) is 0. The number of carbonyl (C=O) groups excluding carboxylic acids is 4. The van der Waals surface area contributed by atoms with Crippen LogP contribution >= 0.6 is 20.2 Å². The zero-order valence-corrected chi connectivity index (χ0v) is 13.7. The quantitative estimate of drug-likeness (QED) is 0.305. The van der Waals surface area contributed by atoms with Crippen molar-refractivity contribution >= 4 is 43.8 Å². The first-order valence-corrected chi connectivity index (χ1v) is 9.26. The molecule has 1 saturated heterocycles. The molecule has 11 heteroatoms. The fraction of sp³-hybridized carbons (Fsp3) is 0.600. The Hall–Kier alpha value is -1.02. The van der Waals surface area contributed by atoms with Crippen LogP contribution in [0.5, 0.6) is 0 Å². The van der Waals surface area contributed by atoms with Gasteiger partial charge in [0.1, 0.15) is 0 Å². The minimum absolute atomic E-state index is 0.00694. The third kappa shape index (κ3) is 10.4. The number of amides is 4. The maximum absolute atomic E-state index is 11.2. The van der Waals surface area contributed by atoms with Crippen molar-refractivity contribution < 1.29 is 32.3 Å². The van der Waals surface area contributed by atoms with Crippen molar-refractivity contribution in [2.45, 2.75) is 12.8 Å². The van der Waals surface area contributed by atoms with E-state index in [0.29, 0.717) is 12.8 Å². The van der Waals surface area contributed by atoms with Crippen LogP contribution in [0.4, 0.5) is 0 Å². The molecule has 121 valence electrons. The summed E-state index contributed by atoms with van der Waals surface area (Å²) in [4.78, 5) is 44.9. The van der Waals surface area contributed by atoms with Crippen molar-refractivity contribution in [2.24, 2.45) is 0 Å². The van der Waals surface area contributed by atoms with Gasteiger partial charge in [0.2, 0.25) is 0 Å². The maximum atomic E-state index is 11.2. The summed E-state index contributed by atoms with van der Waals surface area (Å²) >= 11 is 0.00694. The molecule has 1 heterocycles. The predicted octanol–water partition coefficient (Wildman–Crippen LogP) is -1.38. The van der Waals surface area contributed by atoms with Crippen molar-refractivity contribution in [1.29, 1.82) is 0 Å². The van der Waals surface area contributed by atoms with Crippen LogP contribution in [0.25, 0.3) is 0 Å². The van der Waals surface area contributed by atoms with Crippen molar-refractivity contribution in [3.8, 4) is 0 Å². The van der Waals surface area contributed by atoms with E-state index in [9.17, 15) is 19.2 Å². The van der Waals surface area contributed by atoms with Gasteiger partial charge in [-0.3, -0.25) is 19.2 Å². The molecule has 4 amide bonds. The Morgan fingerprint density at radius 2 is 0.810 bits per heavy atom. The van der Waals surface area contributed by atoms with Crippen LogP contribution in [-0.4, -0.2) is 49.8 Å². The Morgan fingerprint density at radius 1 is 0.619 bits per heavy atom. The average Bonchev–Trinajstić information content (AvgIpc) is 2.45. The third-order valence-corrected chi connectivity index (χ3v) is 2.26. The van der Waals surface area contributed by atoms with Crippen LogP contribution in [0.2, 0.25) is 0 Å². The van der Waals surface area contributed by atoms with Gasteiger partial charge in [0.25, 0.3) is 0 Å². The number of rotatable bonds is 0. The molecule has 0 radical (unpaired) electrons. The molecule has 0 atom stereocenters. The van der Waals surface area contributed by atoms with Gasteiger partial charge in [-0.1, -0.05) is 0 Å². The Labute approximate surface area is 136 Å². The van der Waals surface area contributed by atoms with E-state index in [1.54, 1.807) is 0 Å². The molecule has 1 rings (SSSR count). The van der Waals surface area contributed by atoms with Gasteiger partial charge in [-0.2, -0.15) is 0 Å². The second kappa shape index (κ2) is 12.7. The second-order valence-corrected chi connectivity index (χ2v) is 5.73. The molecule has 1 aliphatic heterocycles. The van der Waals surface area contributed by atoms with E-state index in [0.717, 1.165) is 0 Å². The molecule has 0 aromatic heterocycles.